The lowest BCUT2D eigenvalue weighted by Crippen LogP contribution is -2.32. The standard InChI is InChI=1S/C22H29N5O2/c28-21(16-6-2-1-3-7-16)24-17-8-4-9-18(14-17)25-22(29)20-11-13-27(26-20)19-10-5-12-23-15-19/h4,8-9,11,13-14,16,19,23H,1-3,5-7,10,12,15H2,(H,24,28)(H,25,29). The number of piperidine rings is 1. The second kappa shape index (κ2) is 9.22. The number of aromatic nitrogens is 2. The third kappa shape index (κ3) is 5.03. The molecule has 0 bridgehead atoms. The third-order valence-corrected chi connectivity index (χ3v) is 5.85. The molecule has 0 spiro atoms. The molecule has 2 heterocycles. The zero-order valence-electron chi connectivity index (χ0n) is 16.7. The highest BCUT2D eigenvalue weighted by Crippen LogP contribution is 2.25. The summed E-state index contributed by atoms with van der Waals surface area (Å²) in [4.78, 5) is 25.1. The molecule has 2 fully saturated rings. The van der Waals surface area contributed by atoms with Gasteiger partial charge in [0.2, 0.25) is 5.91 Å². The van der Waals surface area contributed by atoms with Gasteiger partial charge in [-0.3, -0.25) is 14.3 Å². The molecule has 2 aromatic rings. The fourth-order valence-electron chi connectivity index (χ4n) is 4.20. The molecule has 1 unspecified atom stereocenters. The van der Waals surface area contributed by atoms with Crippen molar-refractivity contribution in [2.45, 2.75) is 51.0 Å². The topological polar surface area (TPSA) is 88.0 Å². The number of nitrogens with one attached hydrogen (secondary N) is 3. The molecule has 1 aliphatic heterocycles. The minimum Gasteiger partial charge on any atom is -0.326 e. The number of carbonyl (C=O) groups is 2. The van der Waals surface area contributed by atoms with E-state index < -0.39 is 0 Å². The van der Waals surface area contributed by atoms with Crippen molar-refractivity contribution in [1.82, 2.24) is 15.1 Å². The second-order valence-electron chi connectivity index (χ2n) is 8.04. The highest BCUT2D eigenvalue weighted by atomic mass is 16.2. The van der Waals surface area contributed by atoms with Crippen LogP contribution in [0, 0.1) is 5.92 Å². The van der Waals surface area contributed by atoms with Crippen molar-refractivity contribution in [2.75, 3.05) is 23.7 Å². The van der Waals surface area contributed by atoms with E-state index >= 15 is 0 Å². The predicted molar refractivity (Wildman–Crippen MR) is 113 cm³/mol. The highest BCUT2D eigenvalue weighted by molar-refractivity contribution is 6.03. The molecular weight excluding hydrogens is 366 g/mol. The monoisotopic (exact) mass is 395 g/mol. The van der Waals surface area contributed by atoms with Gasteiger partial charge < -0.3 is 16.0 Å². The molecule has 7 nitrogen and oxygen atoms in total. The van der Waals surface area contributed by atoms with E-state index in [0.29, 0.717) is 23.1 Å². The van der Waals surface area contributed by atoms with Gasteiger partial charge in [0.15, 0.2) is 5.69 Å². The number of anilines is 2. The molecule has 2 aliphatic rings. The maximum Gasteiger partial charge on any atom is 0.276 e. The van der Waals surface area contributed by atoms with Crippen LogP contribution in [0.1, 0.15) is 61.5 Å². The van der Waals surface area contributed by atoms with Crippen LogP contribution >= 0.6 is 0 Å². The van der Waals surface area contributed by atoms with Crippen LogP contribution in [0.15, 0.2) is 36.5 Å². The lowest BCUT2D eigenvalue weighted by atomic mass is 9.88. The van der Waals surface area contributed by atoms with Crippen molar-refractivity contribution in [2.24, 2.45) is 5.92 Å². The smallest absolute Gasteiger partial charge is 0.276 e. The molecule has 1 atom stereocenters. The summed E-state index contributed by atoms with van der Waals surface area (Å²) in [5.41, 5.74) is 1.75. The van der Waals surface area contributed by atoms with E-state index in [4.69, 9.17) is 0 Å². The van der Waals surface area contributed by atoms with E-state index in [9.17, 15) is 9.59 Å². The van der Waals surface area contributed by atoms with Crippen LogP contribution in [-0.2, 0) is 4.79 Å². The number of hydrogen-bond donors (Lipinski definition) is 3. The minimum atomic E-state index is -0.247. The average Bonchev–Trinajstić information content (AvgIpc) is 3.26. The molecule has 0 radical (unpaired) electrons. The van der Waals surface area contributed by atoms with Crippen LogP contribution in [0.4, 0.5) is 11.4 Å². The summed E-state index contributed by atoms with van der Waals surface area (Å²) in [6, 6.07) is 9.33. The quantitative estimate of drug-likeness (QED) is 0.722. The summed E-state index contributed by atoms with van der Waals surface area (Å²) in [5.74, 6) is -0.0727. The lowest BCUT2D eigenvalue weighted by molar-refractivity contribution is -0.120. The number of amides is 2. The maximum absolute atomic E-state index is 12.6. The van der Waals surface area contributed by atoms with Gasteiger partial charge in [-0.05, 0) is 56.5 Å². The first kappa shape index (κ1) is 19.6. The van der Waals surface area contributed by atoms with Crippen molar-refractivity contribution in [3.8, 4) is 0 Å². The molecule has 4 rings (SSSR count). The van der Waals surface area contributed by atoms with Crippen LogP contribution in [0.2, 0.25) is 0 Å². The second-order valence-corrected chi connectivity index (χ2v) is 8.04. The van der Waals surface area contributed by atoms with Gasteiger partial charge in [-0.15, -0.1) is 0 Å². The molecular formula is C22H29N5O2. The van der Waals surface area contributed by atoms with Gasteiger partial charge in [-0.2, -0.15) is 5.10 Å². The van der Waals surface area contributed by atoms with Gasteiger partial charge in [-0.25, -0.2) is 0 Å². The van der Waals surface area contributed by atoms with Crippen LogP contribution in [0.3, 0.4) is 0 Å². The van der Waals surface area contributed by atoms with E-state index in [1.807, 2.05) is 29.1 Å². The number of hydrogen-bond acceptors (Lipinski definition) is 4. The van der Waals surface area contributed by atoms with E-state index in [1.165, 1.54) is 6.42 Å². The molecule has 3 N–H and O–H groups in total. The Morgan fingerprint density at radius 1 is 1.00 bits per heavy atom. The predicted octanol–water partition coefficient (Wildman–Crippen LogP) is 3.58. The first-order valence-corrected chi connectivity index (χ1v) is 10.7. The Labute approximate surface area is 171 Å². The zero-order chi connectivity index (χ0) is 20.1. The van der Waals surface area contributed by atoms with Crippen LogP contribution < -0.4 is 16.0 Å². The summed E-state index contributed by atoms with van der Waals surface area (Å²) in [6.07, 6.45) is 9.44. The summed E-state index contributed by atoms with van der Waals surface area (Å²) in [7, 11) is 0. The van der Waals surface area contributed by atoms with Gasteiger partial charge in [-0.1, -0.05) is 25.3 Å². The number of benzene rings is 1. The summed E-state index contributed by atoms with van der Waals surface area (Å²) in [5, 5.41) is 13.7. The lowest BCUT2D eigenvalue weighted by Gasteiger charge is -2.22. The largest absolute Gasteiger partial charge is 0.326 e. The molecule has 1 aliphatic carbocycles. The molecule has 1 aromatic carbocycles. The first-order chi connectivity index (χ1) is 14.2. The van der Waals surface area contributed by atoms with Gasteiger partial charge in [0.25, 0.3) is 5.91 Å². The third-order valence-electron chi connectivity index (χ3n) is 5.85. The number of carbonyl (C=O) groups excluding carboxylic acids is 2. The fraction of sp³-hybridized carbons (Fsp3) is 0.500. The molecule has 1 aromatic heterocycles. The van der Waals surface area contributed by atoms with Crippen LogP contribution in [0.5, 0.6) is 0 Å². The molecule has 154 valence electrons. The Hall–Kier alpha value is -2.67. The van der Waals surface area contributed by atoms with E-state index in [-0.39, 0.29) is 17.7 Å². The molecule has 1 saturated carbocycles. The SMILES string of the molecule is O=C(Nc1cccc(NC(=O)C2CCCCC2)c1)c1ccn(C2CCCNC2)n1. The highest BCUT2D eigenvalue weighted by Gasteiger charge is 2.21. The van der Waals surface area contributed by atoms with E-state index in [1.54, 1.807) is 12.1 Å². The Morgan fingerprint density at radius 3 is 2.55 bits per heavy atom. The van der Waals surface area contributed by atoms with Gasteiger partial charge in [0.05, 0.1) is 6.04 Å². The average molecular weight is 396 g/mol. The van der Waals surface area contributed by atoms with Crippen LogP contribution in [-0.4, -0.2) is 34.7 Å². The van der Waals surface area contributed by atoms with E-state index in [2.05, 4.69) is 21.0 Å². The van der Waals surface area contributed by atoms with Crippen molar-refractivity contribution >= 4 is 23.2 Å². The normalized spacial score (nSPS) is 20.2. The first-order valence-electron chi connectivity index (χ1n) is 10.7. The maximum atomic E-state index is 12.6. The van der Waals surface area contributed by atoms with Crippen molar-refractivity contribution in [3.63, 3.8) is 0 Å². The van der Waals surface area contributed by atoms with E-state index in [0.717, 1.165) is 51.6 Å². The van der Waals surface area contributed by atoms with Gasteiger partial charge in [0, 0.05) is 30.0 Å². The number of nitrogens with zero attached hydrogens (tertiary/aromatic N) is 2. The summed E-state index contributed by atoms with van der Waals surface area (Å²) >= 11 is 0. The summed E-state index contributed by atoms with van der Waals surface area (Å²) in [6.45, 7) is 1.92. The minimum absolute atomic E-state index is 0.0769. The Kier molecular flexibility index (Phi) is 6.24. The molecule has 29 heavy (non-hydrogen) atoms. The Morgan fingerprint density at radius 2 is 1.79 bits per heavy atom. The van der Waals surface area contributed by atoms with Gasteiger partial charge >= 0.3 is 0 Å². The van der Waals surface area contributed by atoms with Crippen molar-refractivity contribution in [3.05, 3.63) is 42.2 Å². The van der Waals surface area contributed by atoms with Crippen LogP contribution in [0.25, 0.3) is 0 Å². The number of rotatable bonds is 5. The fourth-order valence-corrected chi connectivity index (χ4v) is 4.20. The summed E-state index contributed by atoms with van der Waals surface area (Å²) < 4.78 is 1.88. The zero-order valence-corrected chi connectivity index (χ0v) is 16.7. The molecule has 2 amide bonds. The molecule has 7 heteroatoms. The van der Waals surface area contributed by atoms with Crippen molar-refractivity contribution < 1.29 is 9.59 Å². The Balaban J connectivity index is 1.36. The van der Waals surface area contributed by atoms with Gasteiger partial charge in [0.1, 0.15) is 0 Å². The Bertz CT molecular complexity index is 850. The molecule has 1 saturated heterocycles. The van der Waals surface area contributed by atoms with Crippen molar-refractivity contribution in [1.29, 1.82) is 0 Å².